The number of benzene rings is 2. The van der Waals surface area contributed by atoms with E-state index >= 15 is 0 Å². The van der Waals surface area contributed by atoms with E-state index in [1.54, 1.807) is 13.2 Å². The Hall–Kier alpha value is -2.89. The van der Waals surface area contributed by atoms with Crippen molar-refractivity contribution in [2.75, 3.05) is 7.11 Å². The summed E-state index contributed by atoms with van der Waals surface area (Å²) in [7, 11) is 1.62. The summed E-state index contributed by atoms with van der Waals surface area (Å²) < 4.78 is 11.1. The van der Waals surface area contributed by atoms with Crippen molar-refractivity contribution in [3.8, 4) is 11.5 Å². The third-order valence-electron chi connectivity index (χ3n) is 5.45. The molecule has 0 aliphatic heterocycles. The van der Waals surface area contributed by atoms with Crippen molar-refractivity contribution >= 4 is 11.5 Å². The maximum absolute atomic E-state index is 12.5. The van der Waals surface area contributed by atoms with Crippen LogP contribution in [-0.4, -0.2) is 23.9 Å². The third-order valence-corrected chi connectivity index (χ3v) is 5.45. The molecule has 1 aliphatic rings. The molecule has 0 aromatic heterocycles. The van der Waals surface area contributed by atoms with Crippen molar-refractivity contribution < 1.29 is 19.2 Å². The molecule has 6 nitrogen and oxygen atoms in total. The van der Waals surface area contributed by atoms with Gasteiger partial charge in [0.15, 0.2) is 5.75 Å². The zero-order chi connectivity index (χ0) is 20.8. The number of hydrogen-bond acceptors (Lipinski definition) is 5. The summed E-state index contributed by atoms with van der Waals surface area (Å²) in [6.07, 6.45) is 4.35. The lowest BCUT2D eigenvalue weighted by Gasteiger charge is -2.28. The van der Waals surface area contributed by atoms with Crippen molar-refractivity contribution in [3.05, 3.63) is 63.7 Å². The van der Waals surface area contributed by atoms with Crippen molar-refractivity contribution in [2.45, 2.75) is 51.6 Å². The van der Waals surface area contributed by atoms with Crippen LogP contribution in [0.25, 0.3) is 0 Å². The quantitative estimate of drug-likeness (QED) is 0.460. The summed E-state index contributed by atoms with van der Waals surface area (Å²) in [5.41, 5.74) is 1.82. The molecule has 154 valence electrons. The number of aryl methyl sites for hydroxylation is 1. The van der Waals surface area contributed by atoms with E-state index < -0.39 is 4.92 Å². The second kappa shape index (κ2) is 9.54. The normalized spacial score (nSPS) is 18.8. The first kappa shape index (κ1) is 20.8. The average Bonchev–Trinajstić information content (AvgIpc) is 2.70. The molecule has 29 heavy (non-hydrogen) atoms. The fraction of sp³-hybridized carbons (Fsp3) is 0.435. The van der Waals surface area contributed by atoms with Crippen LogP contribution in [0.3, 0.4) is 0 Å². The minimum Gasteiger partial charge on any atom is -0.497 e. The molecule has 0 amide bonds. The van der Waals surface area contributed by atoms with E-state index in [-0.39, 0.29) is 17.6 Å². The van der Waals surface area contributed by atoms with Crippen LogP contribution >= 0.6 is 0 Å². The number of ketones is 1. The zero-order valence-corrected chi connectivity index (χ0v) is 16.9. The minimum absolute atomic E-state index is 0.0144. The van der Waals surface area contributed by atoms with Crippen molar-refractivity contribution in [1.82, 2.24) is 0 Å². The van der Waals surface area contributed by atoms with Crippen LogP contribution in [0.15, 0.2) is 42.5 Å². The van der Waals surface area contributed by atoms with Gasteiger partial charge in [-0.25, -0.2) is 0 Å². The fourth-order valence-electron chi connectivity index (χ4n) is 3.91. The van der Waals surface area contributed by atoms with E-state index in [2.05, 4.69) is 0 Å². The highest BCUT2D eigenvalue weighted by Crippen LogP contribution is 2.34. The molecule has 1 fully saturated rings. The molecule has 0 radical (unpaired) electrons. The van der Waals surface area contributed by atoms with E-state index in [0.717, 1.165) is 42.6 Å². The fourth-order valence-corrected chi connectivity index (χ4v) is 3.91. The monoisotopic (exact) mass is 397 g/mol. The van der Waals surface area contributed by atoms with Gasteiger partial charge in [-0.15, -0.1) is 0 Å². The van der Waals surface area contributed by atoms with Gasteiger partial charge in [0, 0.05) is 18.9 Å². The highest BCUT2D eigenvalue weighted by atomic mass is 16.6. The topological polar surface area (TPSA) is 78.7 Å². The lowest BCUT2D eigenvalue weighted by Crippen LogP contribution is -2.26. The Morgan fingerprint density at radius 2 is 1.90 bits per heavy atom. The Kier molecular flexibility index (Phi) is 6.86. The molecular weight excluding hydrogens is 370 g/mol. The molecule has 2 aromatic rings. The predicted molar refractivity (Wildman–Crippen MR) is 111 cm³/mol. The Morgan fingerprint density at radius 3 is 2.59 bits per heavy atom. The summed E-state index contributed by atoms with van der Waals surface area (Å²) in [5.74, 6) is 1.68. The van der Waals surface area contributed by atoms with Crippen LogP contribution < -0.4 is 9.47 Å². The predicted octanol–water partition coefficient (Wildman–Crippen LogP) is 5.05. The van der Waals surface area contributed by atoms with Gasteiger partial charge in [0.25, 0.3) is 0 Å². The van der Waals surface area contributed by atoms with Gasteiger partial charge in [-0.2, -0.15) is 0 Å². The summed E-state index contributed by atoms with van der Waals surface area (Å²) in [6, 6.07) is 12.7. The maximum atomic E-state index is 12.5. The standard InChI is InChI=1S/C23H27NO5/c1-16-6-11-23(22(12-16)24(26)27)29-20-9-7-17(8-10-20)13-19(25)14-18-4-3-5-21(15-18)28-2/h3-6,11-12,15,17,20H,7-10,13-14H2,1-2H3. The third kappa shape index (κ3) is 5.79. The van der Waals surface area contributed by atoms with E-state index in [1.165, 1.54) is 6.07 Å². The van der Waals surface area contributed by atoms with E-state index in [0.29, 0.717) is 24.5 Å². The van der Waals surface area contributed by atoms with Gasteiger partial charge in [-0.3, -0.25) is 14.9 Å². The van der Waals surface area contributed by atoms with Gasteiger partial charge in [-0.05, 0) is 67.9 Å². The maximum Gasteiger partial charge on any atom is 0.311 e. The Morgan fingerprint density at radius 1 is 1.14 bits per heavy atom. The summed E-state index contributed by atoms with van der Waals surface area (Å²) in [6.45, 7) is 1.82. The van der Waals surface area contributed by atoms with E-state index in [4.69, 9.17) is 9.47 Å². The van der Waals surface area contributed by atoms with Crippen molar-refractivity contribution in [3.63, 3.8) is 0 Å². The molecular formula is C23H27NO5. The number of carbonyl (C=O) groups is 1. The zero-order valence-electron chi connectivity index (χ0n) is 16.9. The molecule has 6 heteroatoms. The molecule has 3 rings (SSSR count). The molecule has 1 saturated carbocycles. The number of ether oxygens (including phenoxy) is 2. The summed E-state index contributed by atoms with van der Waals surface area (Å²) in [4.78, 5) is 23.3. The smallest absolute Gasteiger partial charge is 0.311 e. The van der Waals surface area contributed by atoms with Crippen LogP contribution in [0.4, 0.5) is 5.69 Å². The van der Waals surface area contributed by atoms with Gasteiger partial charge in [0.2, 0.25) is 0 Å². The van der Waals surface area contributed by atoms with Crippen LogP contribution in [-0.2, 0) is 11.2 Å². The van der Waals surface area contributed by atoms with Gasteiger partial charge in [0.05, 0.1) is 18.1 Å². The van der Waals surface area contributed by atoms with Crippen molar-refractivity contribution in [1.29, 1.82) is 0 Å². The van der Waals surface area contributed by atoms with Gasteiger partial charge in [0.1, 0.15) is 11.5 Å². The second-order valence-electron chi connectivity index (χ2n) is 7.76. The van der Waals surface area contributed by atoms with Crippen LogP contribution in [0.2, 0.25) is 0 Å². The Balaban J connectivity index is 1.49. The van der Waals surface area contributed by atoms with Gasteiger partial charge < -0.3 is 9.47 Å². The second-order valence-corrected chi connectivity index (χ2v) is 7.76. The molecule has 0 atom stereocenters. The SMILES string of the molecule is COc1cccc(CC(=O)CC2CCC(Oc3ccc(C)cc3[N+](=O)[O-])CC2)c1. The first-order valence-electron chi connectivity index (χ1n) is 10.0. The number of carbonyl (C=O) groups excluding carboxylic acids is 1. The van der Waals surface area contributed by atoms with Crippen LogP contribution in [0, 0.1) is 23.0 Å². The average molecular weight is 397 g/mol. The Bertz CT molecular complexity index is 871. The number of rotatable bonds is 8. The number of methoxy groups -OCH3 is 1. The number of nitro benzene ring substituents is 1. The molecule has 2 aromatic carbocycles. The first-order chi connectivity index (χ1) is 13.9. The summed E-state index contributed by atoms with van der Waals surface area (Å²) >= 11 is 0. The number of nitro groups is 1. The van der Waals surface area contributed by atoms with Crippen LogP contribution in [0.5, 0.6) is 11.5 Å². The number of hydrogen-bond donors (Lipinski definition) is 0. The van der Waals surface area contributed by atoms with Crippen LogP contribution in [0.1, 0.15) is 43.2 Å². The lowest BCUT2D eigenvalue weighted by atomic mass is 9.83. The van der Waals surface area contributed by atoms with Gasteiger partial charge >= 0.3 is 5.69 Å². The molecule has 0 saturated heterocycles. The number of nitrogens with zero attached hydrogens (tertiary/aromatic N) is 1. The first-order valence-corrected chi connectivity index (χ1v) is 10.0. The molecule has 0 spiro atoms. The largest absolute Gasteiger partial charge is 0.497 e. The van der Waals surface area contributed by atoms with E-state index in [9.17, 15) is 14.9 Å². The van der Waals surface area contributed by atoms with E-state index in [1.807, 2.05) is 37.3 Å². The number of Topliss-reactive ketones (excluding diaryl/α,β-unsaturated/α-hetero) is 1. The molecule has 0 unspecified atom stereocenters. The molecule has 0 bridgehead atoms. The highest BCUT2D eigenvalue weighted by molar-refractivity contribution is 5.81. The summed E-state index contributed by atoms with van der Waals surface area (Å²) in [5, 5.41) is 11.3. The Labute approximate surface area is 171 Å². The molecule has 1 aliphatic carbocycles. The molecule has 0 N–H and O–H groups in total. The van der Waals surface area contributed by atoms with Gasteiger partial charge in [-0.1, -0.05) is 18.2 Å². The van der Waals surface area contributed by atoms with Crippen molar-refractivity contribution in [2.24, 2.45) is 5.92 Å². The lowest BCUT2D eigenvalue weighted by molar-refractivity contribution is -0.386. The highest BCUT2D eigenvalue weighted by Gasteiger charge is 2.26. The molecule has 0 heterocycles. The minimum atomic E-state index is -0.398.